The summed E-state index contributed by atoms with van der Waals surface area (Å²) in [4.78, 5) is 7.66. The van der Waals surface area contributed by atoms with Gasteiger partial charge in [0.05, 0.1) is 5.69 Å². The molecule has 3 aliphatic rings. The number of hydrogen-bond donors (Lipinski definition) is 0. The van der Waals surface area contributed by atoms with Crippen molar-refractivity contribution in [1.82, 2.24) is 24.5 Å². The summed E-state index contributed by atoms with van der Waals surface area (Å²) in [6, 6.07) is 3.12. The van der Waals surface area contributed by atoms with Crippen molar-refractivity contribution in [1.29, 1.82) is 0 Å². The number of aryl methyl sites for hydroxylation is 2. The van der Waals surface area contributed by atoms with Crippen molar-refractivity contribution in [2.75, 3.05) is 46.3 Å². The molecule has 3 aliphatic heterocycles. The Balaban J connectivity index is 1.27. The number of fused-ring (bicyclic) bond motifs is 1. The van der Waals surface area contributed by atoms with Gasteiger partial charge in [-0.25, -0.2) is 0 Å². The number of aromatic nitrogens is 2. The fourth-order valence-electron chi connectivity index (χ4n) is 3.87. The molecule has 21 heavy (non-hydrogen) atoms. The first-order valence-corrected chi connectivity index (χ1v) is 8.48. The van der Waals surface area contributed by atoms with Crippen molar-refractivity contribution in [3.05, 3.63) is 17.5 Å². The largest absolute Gasteiger partial charge is 0.304 e. The monoisotopic (exact) mass is 289 g/mol. The molecule has 0 aliphatic carbocycles. The maximum atomic E-state index is 4.77. The van der Waals surface area contributed by atoms with E-state index in [9.17, 15) is 0 Å². The molecule has 2 fully saturated rings. The van der Waals surface area contributed by atoms with Gasteiger partial charge in [-0.2, -0.15) is 5.10 Å². The van der Waals surface area contributed by atoms with E-state index >= 15 is 0 Å². The Labute approximate surface area is 127 Å². The number of piperazine rings is 1. The van der Waals surface area contributed by atoms with Crippen molar-refractivity contribution in [2.24, 2.45) is 0 Å². The summed E-state index contributed by atoms with van der Waals surface area (Å²) in [7, 11) is 2.23. The minimum absolute atomic E-state index is 0.788. The molecular weight excluding hydrogens is 262 g/mol. The maximum Gasteiger partial charge on any atom is 0.0767 e. The molecule has 0 radical (unpaired) electrons. The van der Waals surface area contributed by atoms with Crippen LogP contribution in [-0.4, -0.2) is 76.8 Å². The summed E-state index contributed by atoms with van der Waals surface area (Å²) in [5.74, 6) is 0. The summed E-state index contributed by atoms with van der Waals surface area (Å²) in [6.45, 7) is 9.57. The third-order valence-corrected chi connectivity index (χ3v) is 5.34. The van der Waals surface area contributed by atoms with Gasteiger partial charge >= 0.3 is 0 Å². The summed E-state index contributed by atoms with van der Waals surface area (Å²) in [6.07, 6.45) is 3.85. The molecule has 0 spiro atoms. The lowest BCUT2D eigenvalue weighted by Crippen LogP contribution is -2.62. The van der Waals surface area contributed by atoms with Gasteiger partial charge < -0.3 is 4.90 Å². The lowest BCUT2D eigenvalue weighted by Gasteiger charge is -2.47. The van der Waals surface area contributed by atoms with Crippen LogP contribution in [-0.2, 0) is 19.5 Å². The van der Waals surface area contributed by atoms with E-state index in [1.165, 1.54) is 69.9 Å². The Kier molecular flexibility index (Phi) is 3.73. The van der Waals surface area contributed by atoms with E-state index in [-0.39, 0.29) is 0 Å². The van der Waals surface area contributed by atoms with Gasteiger partial charge in [-0.15, -0.1) is 0 Å². The standard InChI is InChI=1S/C16H27N5/c1-18-6-8-20(9-7-18)16-12-19(13-16)11-14-10-15-4-2-3-5-21(15)17-14/h10,16H,2-9,11-13H2,1H3. The predicted molar refractivity (Wildman–Crippen MR) is 83.3 cm³/mol. The van der Waals surface area contributed by atoms with Gasteiger partial charge in [-0.05, 0) is 32.4 Å². The first-order chi connectivity index (χ1) is 10.3. The average Bonchev–Trinajstić information content (AvgIpc) is 2.86. The Bertz CT molecular complexity index is 459. The zero-order valence-electron chi connectivity index (χ0n) is 13.2. The van der Waals surface area contributed by atoms with Crippen LogP contribution in [0.2, 0.25) is 0 Å². The molecule has 1 aromatic heterocycles. The van der Waals surface area contributed by atoms with Gasteiger partial charge in [0.1, 0.15) is 0 Å². The van der Waals surface area contributed by atoms with Gasteiger partial charge in [0.2, 0.25) is 0 Å². The van der Waals surface area contributed by atoms with Crippen molar-refractivity contribution in [3.8, 4) is 0 Å². The van der Waals surface area contributed by atoms with E-state index in [4.69, 9.17) is 5.10 Å². The highest BCUT2D eigenvalue weighted by molar-refractivity contribution is 5.12. The molecule has 0 N–H and O–H groups in total. The van der Waals surface area contributed by atoms with Crippen LogP contribution >= 0.6 is 0 Å². The fraction of sp³-hybridized carbons (Fsp3) is 0.812. The van der Waals surface area contributed by atoms with E-state index in [1.807, 2.05) is 0 Å². The summed E-state index contributed by atoms with van der Waals surface area (Å²) >= 11 is 0. The SMILES string of the molecule is CN1CCN(C2CN(Cc3cc4n(n3)CCCC4)C2)CC1. The Morgan fingerprint density at radius 3 is 2.67 bits per heavy atom. The van der Waals surface area contributed by atoms with Crippen molar-refractivity contribution < 1.29 is 0 Å². The van der Waals surface area contributed by atoms with E-state index in [0.29, 0.717) is 0 Å². The second kappa shape index (κ2) is 5.71. The van der Waals surface area contributed by atoms with Gasteiger partial charge in [-0.3, -0.25) is 14.5 Å². The Morgan fingerprint density at radius 2 is 1.90 bits per heavy atom. The molecule has 0 amide bonds. The van der Waals surface area contributed by atoms with Crippen molar-refractivity contribution in [2.45, 2.75) is 38.4 Å². The molecule has 0 unspecified atom stereocenters. The topological polar surface area (TPSA) is 27.5 Å². The molecule has 0 atom stereocenters. The minimum atomic E-state index is 0.788. The van der Waals surface area contributed by atoms with Gasteiger partial charge in [0, 0.05) is 64.1 Å². The maximum absolute atomic E-state index is 4.77. The zero-order valence-corrected chi connectivity index (χ0v) is 13.2. The molecule has 0 saturated carbocycles. The zero-order chi connectivity index (χ0) is 14.2. The molecule has 0 bridgehead atoms. The normalized spacial score (nSPS) is 25.8. The third-order valence-electron chi connectivity index (χ3n) is 5.34. The second-order valence-corrected chi connectivity index (χ2v) is 6.99. The molecule has 4 heterocycles. The van der Waals surface area contributed by atoms with Crippen LogP contribution in [0.15, 0.2) is 6.07 Å². The summed E-state index contributed by atoms with van der Waals surface area (Å²) in [5.41, 5.74) is 2.73. The van der Waals surface area contributed by atoms with Crippen LogP contribution in [0.3, 0.4) is 0 Å². The average molecular weight is 289 g/mol. The van der Waals surface area contributed by atoms with Crippen molar-refractivity contribution >= 4 is 0 Å². The van der Waals surface area contributed by atoms with E-state index < -0.39 is 0 Å². The fourth-order valence-corrected chi connectivity index (χ4v) is 3.87. The minimum Gasteiger partial charge on any atom is -0.304 e. The smallest absolute Gasteiger partial charge is 0.0767 e. The van der Waals surface area contributed by atoms with Crippen LogP contribution in [0.25, 0.3) is 0 Å². The number of likely N-dealkylation sites (N-methyl/N-ethyl adjacent to an activating group) is 1. The van der Waals surface area contributed by atoms with Crippen LogP contribution in [0.5, 0.6) is 0 Å². The highest BCUT2D eigenvalue weighted by atomic mass is 15.4. The van der Waals surface area contributed by atoms with Crippen LogP contribution < -0.4 is 0 Å². The lowest BCUT2D eigenvalue weighted by atomic mass is 10.1. The number of nitrogens with zero attached hydrogens (tertiary/aromatic N) is 5. The molecule has 4 rings (SSSR count). The molecular formula is C16H27N5. The van der Waals surface area contributed by atoms with Crippen molar-refractivity contribution in [3.63, 3.8) is 0 Å². The molecule has 2 saturated heterocycles. The van der Waals surface area contributed by atoms with E-state index in [0.717, 1.165) is 19.1 Å². The molecule has 5 heteroatoms. The molecule has 0 aromatic carbocycles. The molecule has 5 nitrogen and oxygen atoms in total. The van der Waals surface area contributed by atoms with Gasteiger partial charge in [-0.1, -0.05) is 0 Å². The Morgan fingerprint density at radius 1 is 1.10 bits per heavy atom. The highest BCUT2D eigenvalue weighted by Gasteiger charge is 2.33. The number of likely N-dealkylation sites (tertiary alicyclic amines) is 1. The number of hydrogen-bond acceptors (Lipinski definition) is 4. The van der Waals surface area contributed by atoms with Crippen LogP contribution in [0.1, 0.15) is 24.2 Å². The van der Waals surface area contributed by atoms with E-state index in [1.54, 1.807) is 0 Å². The summed E-state index contributed by atoms with van der Waals surface area (Å²) in [5, 5.41) is 4.77. The Hall–Kier alpha value is -0.910. The first kappa shape index (κ1) is 13.7. The van der Waals surface area contributed by atoms with Crippen LogP contribution in [0.4, 0.5) is 0 Å². The van der Waals surface area contributed by atoms with Crippen LogP contribution in [0, 0.1) is 0 Å². The van der Waals surface area contributed by atoms with E-state index in [2.05, 4.69) is 32.5 Å². The number of rotatable bonds is 3. The third kappa shape index (κ3) is 2.87. The van der Waals surface area contributed by atoms with Gasteiger partial charge in [0.25, 0.3) is 0 Å². The molecule has 116 valence electrons. The highest BCUT2D eigenvalue weighted by Crippen LogP contribution is 2.21. The predicted octanol–water partition coefficient (Wildman–Crippen LogP) is 0.651. The van der Waals surface area contributed by atoms with Gasteiger partial charge in [0.15, 0.2) is 0 Å². The molecule has 1 aromatic rings. The lowest BCUT2D eigenvalue weighted by molar-refractivity contribution is 0.00480. The summed E-state index contributed by atoms with van der Waals surface area (Å²) < 4.78 is 2.23. The second-order valence-electron chi connectivity index (χ2n) is 6.99. The quantitative estimate of drug-likeness (QED) is 0.817. The first-order valence-electron chi connectivity index (χ1n) is 8.48.